The lowest BCUT2D eigenvalue weighted by atomic mass is 10.1. The van der Waals surface area contributed by atoms with Gasteiger partial charge in [0.25, 0.3) is 5.56 Å². The van der Waals surface area contributed by atoms with Crippen molar-refractivity contribution in [2.45, 2.75) is 26.2 Å². The largest absolute Gasteiger partial charge is 0.417 e. The first-order chi connectivity index (χ1) is 14.8. The third-order valence-corrected chi connectivity index (χ3v) is 4.94. The first kappa shape index (κ1) is 20.5. The number of fused-ring (bicyclic) bond motifs is 1. The van der Waals surface area contributed by atoms with Crippen LogP contribution >= 0.6 is 0 Å². The van der Waals surface area contributed by atoms with Crippen molar-refractivity contribution in [2.75, 3.05) is 0 Å². The SMILES string of the molecule is CCn1c(=O)c2c(C(F)(F)F)cc(-c3cccnc3)nc2n(Cc2ccccc2)c1=O. The monoisotopic (exact) mass is 426 g/mol. The van der Waals surface area contributed by atoms with Crippen LogP contribution in [0.5, 0.6) is 0 Å². The summed E-state index contributed by atoms with van der Waals surface area (Å²) >= 11 is 0. The Kier molecular flexibility index (Phi) is 5.18. The van der Waals surface area contributed by atoms with Gasteiger partial charge in [0.05, 0.1) is 23.2 Å². The number of hydrogen-bond acceptors (Lipinski definition) is 4. The van der Waals surface area contributed by atoms with Gasteiger partial charge in [-0.05, 0) is 30.7 Å². The number of benzene rings is 1. The minimum Gasteiger partial charge on any atom is -0.273 e. The predicted molar refractivity (Wildman–Crippen MR) is 110 cm³/mol. The number of nitrogens with zero attached hydrogens (tertiary/aromatic N) is 4. The molecular weight excluding hydrogens is 409 g/mol. The topological polar surface area (TPSA) is 69.8 Å². The van der Waals surface area contributed by atoms with E-state index in [1.54, 1.807) is 42.5 Å². The molecule has 31 heavy (non-hydrogen) atoms. The standard InChI is InChI=1S/C22H17F3N4O2/c1-2-28-20(30)18-16(22(23,24)25)11-17(15-9-6-10-26-12-15)27-19(18)29(21(28)31)13-14-7-4-3-5-8-14/h3-12H,2,13H2,1H3. The van der Waals surface area contributed by atoms with Crippen molar-refractivity contribution < 1.29 is 13.2 Å². The van der Waals surface area contributed by atoms with Gasteiger partial charge < -0.3 is 0 Å². The van der Waals surface area contributed by atoms with Gasteiger partial charge in [-0.15, -0.1) is 0 Å². The number of alkyl halides is 3. The summed E-state index contributed by atoms with van der Waals surface area (Å²) in [6.45, 7) is 1.44. The summed E-state index contributed by atoms with van der Waals surface area (Å²) in [4.78, 5) is 34.2. The van der Waals surface area contributed by atoms with Gasteiger partial charge in [0.2, 0.25) is 0 Å². The molecule has 0 aliphatic heterocycles. The maximum atomic E-state index is 14.0. The predicted octanol–water partition coefficient (Wildman–Crippen LogP) is 3.71. The lowest BCUT2D eigenvalue weighted by Crippen LogP contribution is -2.41. The Labute approximate surface area is 174 Å². The lowest BCUT2D eigenvalue weighted by Gasteiger charge is -2.17. The Bertz CT molecular complexity index is 1360. The zero-order valence-corrected chi connectivity index (χ0v) is 16.4. The molecule has 0 amide bonds. The number of hydrogen-bond donors (Lipinski definition) is 0. The highest BCUT2D eigenvalue weighted by atomic mass is 19.4. The van der Waals surface area contributed by atoms with E-state index in [1.165, 1.54) is 19.3 Å². The summed E-state index contributed by atoms with van der Waals surface area (Å²) in [6, 6.07) is 12.8. The van der Waals surface area contributed by atoms with Crippen molar-refractivity contribution in [1.29, 1.82) is 0 Å². The molecule has 0 radical (unpaired) electrons. The van der Waals surface area contributed by atoms with E-state index >= 15 is 0 Å². The fourth-order valence-corrected chi connectivity index (χ4v) is 3.47. The van der Waals surface area contributed by atoms with Gasteiger partial charge in [-0.1, -0.05) is 30.3 Å². The molecule has 0 aliphatic carbocycles. The maximum Gasteiger partial charge on any atom is 0.417 e. The molecule has 4 aromatic rings. The van der Waals surface area contributed by atoms with E-state index in [2.05, 4.69) is 9.97 Å². The number of aromatic nitrogens is 4. The summed E-state index contributed by atoms with van der Waals surface area (Å²) in [6.07, 6.45) is -1.96. The van der Waals surface area contributed by atoms with Crippen LogP contribution in [0.4, 0.5) is 13.2 Å². The molecule has 9 heteroatoms. The second-order valence-corrected chi connectivity index (χ2v) is 6.90. The second-order valence-electron chi connectivity index (χ2n) is 6.90. The van der Waals surface area contributed by atoms with E-state index in [9.17, 15) is 22.8 Å². The highest BCUT2D eigenvalue weighted by Crippen LogP contribution is 2.35. The van der Waals surface area contributed by atoms with E-state index in [-0.39, 0.29) is 24.4 Å². The molecule has 1 aromatic carbocycles. The van der Waals surface area contributed by atoms with Crippen LogP contribution in [-0.2, 0) is 19.3 Å². The molecule has 3 heterocycles. The van der Waals surface area contributed by atoms with Crippen molar-refractivity contribution in [2.24, 2.45) is 0 Å². The molecule has 0 fully saturated rings. The fraction of sp³-hybridized carbons (Fsp3) is 0.182. The van der Waals surface area contributed by atoms with Crippen LogP contribution in [0.3, 0.4) is 0 Å². The highest BCUT2D eigenvalue weighted by molar-refractivity contribution is 5.82. The third kappa shape index (κ3) is 3.74. The zero-order chi connectivity index (χ0) is 22.2. The third-order valence-electron chi connectivity index (χ3n) is 4.94. The van der Waals surface area contributed by atoms with Crippen LogP contribution in [0.1, 0.15) is 18.1 Å². The molecule has 0 N–H and O–H groups in total. The van der Waals surface area contributed by atoms with Crippen LogP contribution in [-0.4, -0.2) is 19.1 Å². The van der Waals surface area contributed by atoms with E-state index in [0.717, 1.165) is 15.2 Å². The molecule has 0 spiro atoms. The quantitative estimate of drug-likeness (QED) is 0.499. The molecule has 4 rings (SSSR count). The fourth-order valence-electron chi connectivity index (χ4n) is 3.47. The lowest BCUT2D eigenvalue weighted by molar-refractivity contribution is -0.136. The molecule has 0 unspecified atom stereocenters. The average Bonchev–Trinajstić information content (AvgIpc) is 2.77. The summed E-state index contributed by atoms with van der Waals surface area (Å²) < 4.78 is 43.9. The van der Waals surface area contributed by atoms with Crippen LogP contribution in [0.15, 0.2) is 70.5 Å². The van der Waals surface area contributed by atoms with Crippen molar-refractivity contribution in [1.82, 2.24) is 19.1 Å². The molecule has 3 aromatic heterocycles. The van der Waals surface area contributed by atoms with Crippen LogP contribution in [0.2, 0.25) is 0 Å². The number of halogens is 3. The normalized spacial score (nSPS) is 11.7. The molecule has 0 saturated heterocycles. The smallest absolute Gasteiger partial charge is 0.273 e. The van der Waals surface area contributed by atoms with Gasteiger partial charge in [-0.2, -0.15) is 13.2 Å². The Hall–Kier alpha value is -3.75. The van der Waals surface area contributed by atoms with Gasteiger partial charge in [0.15, 0.2) is 5.65 Å². The van der Waals surface area contributed by atoms with Gasteiger partial charge in [0.1, 0.15) is 0 Å². The Morgan fingerprint density at radius 1 is 1.00 bits per heavy atom. The van der Waals surface area contributed by atoms with Crippen molar-refractivity contribution in [3.63, 3.8) is 0 Å². The van der Waals surface area contributed by atoms with E-state index in [0.29, 0.717) is 11.1 Å². The van der Waals surface area contributed by atoms with Crippen molar-refractivity contribution in [3.8, 4) is 11.3 Å². The maximum absolute atomic E-state index is 14.0. The Morgan fingerprint density at radius 2 is 1.74 bits per heavy atom. The number of rotatable bonds is 4. The molecule has 0 aliphatic rings. The molecule has 6 nitrogen and oxygen atoms in total. The van der Waals surface area contributed by atoms with Crippen molar-refractivity contribution in [3.05, 3.63) is 92.9 Å². The summed E-state index contributed by atoms with van der Waals surface area (Å²) in [7, 11) is 0. The van der Waals surface area contributed by atoms with Gasteiger partial charge in [-0.25, -0.2) is 9.78 Å². The first-order valence-electron chi connectivity index (χ1n) is 9.51. The summed E-state index contributed by atoms with van der Waals surface area (Å²) in [5.41, 5.74) is -2.16. The minimum atomic E-state index is -4.82. The van der Waals surface area contributed by atoms with E-state index in [4.69, 9.17) is 0 Å². The van der Waals surface area contributed by atoms with Gasteiger partial charge >= 0.3 is 11.9 Å². The van der Waals surface area contributed by atoms with Crippen LogP contribution in [0, 0.1) is 0 Å². The van der Waals surface area contributed by atoms with Crippen LogP contribution < -0.4 is 11.2 Å². The second kappa shape index (κ2) is 7.82. The summed E-state index contributed by atoms with van der Waals surface area (Å²) in [5, 5.41) is -0.627. The van der Waals surface area contributed by atoms with E-state index < -0.39 is 28.4 Å². The van der Waals surface area contributed by atoms with Crippen LogP contribution in [0.25, 0.3) is 22.3 Å². The molecule has 0 atom stereocenters. The number of pyridine rings is 2. The zero-order valence-electron chi connectivity index (χ0n) is 16.4. The molecular formula is C22H17F3N4O2. The van der Waals surface area contributed by atoms with E-state index in [1.807, 2.05) is 0 Å². The molecule has 158 valence electrons. The molecule has 0 saturated carbocycles. The van der Waals surface area contributed by atoms with Gasteiger partial charge in [0, 0.05) is 24.5 Å². The summed E-state index contributed by atoms with van der Waals surface area (Å²) in [5.74, 6) is 0. The average molecular weight is 426 g/mol. The first-order valence-corrected chi connectivity index (χ1v) is 9.51. The molecule has 0 bridgehead atoms. The van der Waals surface area contributed by atoms with Gasteiger partial charge in [-0.3, -0.25) is 18.9 Å². The highest BCUT2D eigenvalue weighted by Gasteiger charge is 2.36. The minimum absolute atomic E-state index is 0.0252. The Balaban J connectivity index is 2.15. The Morgan fingerprint density at radius 3 is 2.35 bits per heavy atom. The van der Waals surface area contributed by atoms with Crippen molar-refractivity contribution >= 4 is 11.0 Å².